The first-order valence-electron chi connectivity index (χ1n) is 12.5. The van der Waals surface area contributed by atoms with Crippen LogP contribution >= 0.6 is 0 Å². The molecule has 4 aromatic rings. The predicted molar refractivity (Wildman–Crippen MR) is 138 cm³/mol. The number of fused-ring (bicyclic) bond motifs is 3. The van der Waals surface area contributed by atoms with E-state index < -0.39 is 6.04 Å². The number of carbonyl (C=O) groups is 3. The molecule has 3 aromatic heterocycles. The highest BCUT2D eigenvalue weighted by Crippen LogP contribution is 2.59. The molecule has 0 bridgehead atoms. The number of aromatic amines is 1. The molecule has 0 unspecified atom stereocenters. The third-order valence-electron chi connectivity index (χ3n) is 7.79. The van der Waals surface area contributed by atoms with Crippen LogP contribution in [0.25, 0.3) is 21.9 Å². The van der Waals surface area contributed by atoms with Crippen molar-refractivity contribution in [3.8, 4) is 0 Å². The van der Waals surface area contributed by atoms with Crippen LogP contribution in [-0.2, 0) is 16.1 Å². The van der Waals surface area contributed by atoms with Crippen LogP contribution in [0, 0.1) is 26.2 Å². The number of Topliss-reactive ketones (excluding diaryl/α,β-unsaturated/α-hetero) is 1. The Balaban J connectivity index is 1.32. The number of aryl methyl sites for hydroxylation is 3. The quantitative estimate of drug-likeness (QED) is 0.405. The molecule has 4 heterocycles. The van der Waals surface area contributed by atoms with Gasteiger partial charge in [-0.05, 0) is 62.8 Å². The summed E-state index contributed by atoms with van der Waals surface area (Å²) in [4.78, 5) is 53.4. The first kappa shape index (κ1) is 23.3. The smallest absolute Gasteiger partial charge is 0.248 e. The van der Waals surface area contributed by atoms with Gasteiger partial charge in [-0.3, -0.25) is 19.1 Å². The van der Waals surface area contributed by atoms with Crippen LogP contribution in [0.1, 0.15) is 54.3 Å². The minimum absolute atomic E-state index is 0.0112. The summed E-state index contributed by atoms with van der Waals surface area (Å²) in [5.74, 6) is 0.677. The van der Waals surface area contributed by atoms with Gasteiger partial charge in [-0.15, -0.1) is 0 Å². The van der Waals surface area contributed by atoms with Crippen molar-refractivity contribution in [2.24, 2.45) is 5.41 Å². The van der Waals surface area contributed by atoms with Crippen LogP contribution in [0.5, 0.6) is 0 Å². The molecule has 37 heavy (non-hydrogen) atoms. The van der Waals surface area contributed by atoms with Crippen LogP contribution in [0.2, 0.25) is 0 Å². The fraction of sp³-hybridized carbons (Fsp3) is 0.407. The Bertz CT molecular complexity index is 1630. The first-order valence-corrected chi connectivity index (χ1v) is 12.5. The summed E-state index contributed by atoms with van der Waals surface area (Å²) < 4.78 is 1.57. The molecular weight excluding hydrogens is 470 g/mol. The number of pyridine rings is 1. The Morgan fingerprint density at radius 2 is 1.92 bits per heavy atom. The van der Waals surface area contributed by atoms with Crippen LogP contribution in [-0.4, -0.2) is 59.3 Å². The molecule has 2 aliphatic rings. The summed E-state index contributed by atoms with van der Waals surface area (Å²) in [7, 11) is 0. The number of benzene rings is 1. The van der Waals surface area contributed by atoms with E-state index in [1.807, 2.05) is 45.0 Å². The largest absolute Gasteiger partial charge is 0.342 e. The number of carbonyl (C=O) groups excluding carboxylic acids is 3. The summed E-state index contributed by atoms with van der Waals surface area (Å²) in [6.45, 7) is 9.15. The van der Waals surface area contributed by atoms with E-state index in [1.165, 1.54) is 6.92 Å². The highest BCUT2D eigenvalue weighted by Gasteiger charge is 2.64. The third kappa shape index (κ3) is 3.78. The number of H-pyrrole nitrogens is 1. The summed E-state index contributed by atoms with van der Waals surface area (Å²) in [5.41, 5.74) is 4.13. The van der Waals surface area contributed by atoms with Crippen molar-refractivity contribution >= 4 is 45.4 Å². The summed E-state index contributed by atoms with van der Waals surface area (Å²) in [6.07, 6.45) is 1.47. The molecule has 1 aliphatic carbocycles. The van der Waals surface area contributed by atoms with E-state index in [9.17, 15) is 14.4 Å². The molecule has 3 atom stereocenters. The lowest BCUT2D eigenvalue weighted by molar-refractivity contribution is -0.138. The van der Waals surface area contributed by atoms with Crippen LogP contribution < -0.4 is 5.32 Å². The monoisotopic (exact) mass is 499 g/mol. The van der Waals surface area contributed by atoms with Crippen molar-refractivity contribution in [3.05, 3.63) is 47.0 Å². The number of nitrogens with one attached hydrogen (secondary N) is 2. The van der Waals surface area contributed by atoms with Crippen molar-refractivity contribution in [1.82, 2.24) is 29.6 Å². The van der Waals surface area contributed by atoms with Crippen molar-refractivity contribution in [1.29, 1.82) is 0 Å². The maximum atomic E-state index is 13.7. The van der Waals surface area contributed by atoms with Gasteiger partial charge >= 0.3 is 0 Å². The number of nitrogens with zero attached hydrogens (tertiary/aromatic N) is 5. The highest BCUT2D eigenvalue weighted by atomic mass is 16.2. The number of aromatic nitrogens is 5. The zero-order valence-electron chi connectivity index (χ0n) is 21.5. The SMILES string of the molecule is CC(=O)c1nn(CC(=O)N2[C@H](C(=O)Nc3nc(C)ccc3C)C[C@@]3(C)C[C@@H]23)c2cc3nc(C)[nH]c3cc12. The molecule has 2 amide bonds. The predicted octanol–water partition coefficient (Wildman–Crippen LogP) is 3.45. The standard InChI is InChI=1S/C27H29N7O3/c1-13-6-7-14(2)28-25(13)31-26(37)21-10-27(5)11-22(27)34(21)23(36)12-33-20-9-19-18(29-16(4)30-19)8-17(20)24(32-33)15(3)35/h6-9,21-22H,10-12H2,1-5H3,(H,29,30)(H,28,31,37)/t21-,22+,27-/m0/s1. The van der Waals surface area contributed by atoms with Gasteiger partial charge < -0.3 is 15.2 Å². The second-order valence-electron chi connectivity index (χ2n) is 10.8. The van der Waals surface area contributed by atoms with Crippen molar-refractivity contribution in [2.45, 2.75) is 66.1 Å². The van der Waals surface area contributed by atoms with E-state index in [0.717, 1.165) is 34.5 Å². The summed E-state index contributed by atoms with van der Waals surface area (Å²) in [5, 5.41) is 8.13. The number of hydrogen-bond donors (Lipinski definition) is 2. The van der Waals surface area contributed by atoms with Crippen molar-refractivity contribution < 1.29 is 14.4 Å². The molecule has 1 saturated heterocycles. The number of amides is 2. The number of anilines is 1. The molecule has 1 saturated carbocycles. The van der Waals surface area contributed by atoms with E-state index in [-0.39, 0.29) is 35.6 Å². The fourth-order valence-electron chi connectivity index (χ4n) is 5.71. The Morgan fingerprint density at radius 1 is 1.14 bits per heavy atom. The van der Waals surface area contributed by atoms with E-state index >= 15 is 0 Å². The Hall–Kier alpha value is -4.08. The Labute approximate surface area is 213 Å². The van der Waals surface area contributed by atoms with Gasteiger partial charge in [0, 0.05) is 24.0 Å². The number of ketones is 1. The van der Waals surface area contributed by atoms with E-state index in [4.69, 9.17) is 0 Å². The van der Waals surface area contributed by atoms with Gasteiger partial charge in [-0.25, -0.2) is 9.97 Å². The van der Waals surface area contributed by atoms with Gasteiger partial charge in [0.15, 0.2) is 5.78 Å². The Kier molecular flexibility index (Phi) is 5.02. The van der Waals surface area contributed by atoms with Gasteiger partial charge in [0.1, 0.15) is 29.9 Å². The summed E-state index contributed by atoms with van der Waals surface area (Å²) in [6, 6.07) is 6.94. The maximum Gasteiger partial charge on any atom is 0.248 e. The van der Waals surface area contributed by atoms with Gasteiger partial charge in [0.05, 0.1) is 16.6 Å². The molecule has 10 nitrogen and oxygen atoms in total. The Morgan fingerprint density at radius 3 is 2.68 bits per heavy atom. The van der Waals surface area contributed by atoms with Crippen LogP contribution in [0.15, 0.2) is 24.3 Å². The number of piperidine rings is 1. The molecule has 2 fully saturated rings. The van der Waals surface area contributed by atoms with Gasteiger partial charge in [-0.1, -0.05) is 13.0 Å². The molecule has 0 spiro atoms. The zero-order chi connectivity index (χ0) is 26.2. The normalized spacial score (nSPS) is 22.5. The topological polar surface area (TPSA) is 126 Å². The van der Waals surface area contributed by atoms with Crippen molar-refractivity contribution in [2.75, 3.05) is 5.32 Å². The van der Waals surface area contributed by atoms with E-state index in [0.29, 0.717) is 28.8 Å². The summed E-state index contributed by atoms with van der Waals surface area (Å²) >= 11 is 0. The van der Waals surface area contributed by atoms with Crippen molar-refractivity contribution in [3.63, 3.8) is 0 Å². The number of imidazole rings is 1. The van der Waals surface area contributed by atoms with Gasteiger partial charge in [-0.2, -0.15) is 5.10 Å². The molecule has 6 rings (SSSR count). The molecule has 2 N–H and O–H groups in total. The minimum atomic E-state index is -0.590. The number of likely N-dealkylation sites (tertiary alicyclic amines) is 1. The number of hydrogen-bond acceptors (Lipinski definition) is 6. The van der Waals surface area contributed by atoms with Gasteiger partial charge in [0.25, 0.3) is 0 Å². The fourth-order valence-corrected chi connectivity index (χ4v) is 5.71. The second-order valence-corrected chi connectivity index (χ2v) is 10.8. The maximum absolute atomic E-state index is 13.7. The first-order chi connectivity index (χ1) is 17.5. The van der Waals surface area contributed by atoms with Crippen LogP contribution in [0.4, 0.5) is 5.82 Å². The molecule has 10 heteroatoms. The van der Waals surface area contributed by atoms with Crippen LogP contribution in [0.3, 0.4) is 0 Å². The molecule has 1 aliphatic heterocycles. The minimum Gasteiger partial charge on any atom is -0.342 e. The number of rotatable bonds is 5. The lowest BCUT2D eigenvalue weighted by Crippen LogP contribution is -2.47. The lowest BCUT2D eigenvalue weighted by atomic mass is 10.0. The average molecular weight is 500 g/mol. The van der Waals surface area contributed by atoms with Gasteiger partial charge in [0.2, 0.25) is 11.8 Å². The molecule has 190 valence electrons. The molecule has 1 aromatic carbocycles. The molecule has 0 radical (unpaired) electrons. The zero-order valence-corrected chi connectivity index (χ0v) is 21.5. The van der Waals surface area contributed by atoms with E-state index in [1.54, 1.807) is 9.58 Å². The second kappa shape index (κ2) is 7.96. The average Bonchev–Trinajstić information content (AvgIpc) is 3.09. The molecular formula is C27H29N7O3. The lowest BCUT2D eigenvalue weighted by Gasteiger charge is -2.27. The van der Waals surface area contributed by atoms with E-state index in [2.05, 4.69) is 32.3 Å². The third-order valence-corrected chi connectivity index (χ3v) is 7.79. The highest BCUT2D eigenvalue weighted by molar-refractivity contribution is 6.08.